The monoisotopic (exact) mass is 456 g/mol. The fourth-order valence-electron chi connectivity index (χ4n) is 4.24. The molecular weight excluding hydrogens is 428 g/mol. The molecule has 174 valence electrons. The van der Waals surface area contributed by atoms with E-state index in [-0.39, 0.29) is 17.9 Å². The van der Waals surface area contributed by atoms with Gasteiger partial charge in [0.15, 0.2) is 0 Å². The normalized spacial score (nSPS) is 17.3. The van der Waals surface area contributed by atoms with E-state index in [4.69, 9.17) is 4.74 Å². The van der Waals surface area contributed by atoms with Gasteiger partial charge in [0, 0.05) is 24.5 Å². The molecule has 1 saturated heterocycles. The van der Waals surface area contributed by atoms with Gasteiger partial charge < -0.3 is 14.7 Å². The molecule has 2 heterocycles. The van der Waals surface area contributed by atoms with Gasteiger partial charge in [-0.2, -0.15) is 0 Å². The number of aromatic nitrogens is 1. The summed E-state index contributed by atoms with van der Waals surface area (Å²) in [7, 11) is 0. The molecule has 1 amide bonds. The molecule has 0 spiro atoms. The van der Waals surface area contributed by atoms with Gasteiger partial charge >= 0.3 is 0 Å². The second-order valence-corrected chi connectivity index (χ2v) is 8.53. The number of hydrogen-bond donors (Lipinski definition) is 1. The lowest BCUT2D eigenvalue weighted by Crippen LogP contribution is -2.29. The molecule has 1 atom stereocenters. The predicted molar refractivity (Wildman–Crippen MR) is 130 cm³/mol. The number of amides is 1. The van der Waals surface area contributed by atoms with Gasteiger partial charge in [0.1, 0.15) is 11.5 Å². The summed E-state index contributed by atoms with van der Waals surface area (Å²) >= 11 is 0. The number of nitrogens with zero attached hydrogens (tertiary/aromatic N) is 2. The highest BCUT2D eigenvalue weighted by Gasteiger charge is 2.46. The minimum Gasteiger partial charge on any atom is -0.507 e. The Kier molecular flexibility index (Phi) is 6.77. The summed E-state index contributed by atoms with van der Waals surface area (Å²) in [5, 5.41) is 11.3. The third-order valence-electron chi connectivity index (χ3n) is 5.88. The first-order chi connectivity index (χ1) is 16.4. The number of aryl methyl sites for hydroxylation is 2. The fourth-order valence-corrected chi connectivity index (χ4v) is 4.24. The van der Waals surface area contributed by atoms with Crippen LogP contribution in [0.15, 0.2) is 72.6 Å². The van der Waals surface area contributed by atoms with Crippen LogP contribution in [0.3, 0.4) is 0 Å². The number of benzene rings is 2. The second kappa shape index (κ2) is 9.91. The fraction of sp³-hybridized carbons (Fsp3) is 0.250. The summed E-state index contributed by atoms with van der Waals surface area (Å²) in [5.74, 6) is -0.803. The molecule has 1 aromatic heterocycles. The maximum absolute atomic E-state index is 13.2. The van der Waals surface area contributed by atoms with Gasteiger partial charge in [-0.15, -0.1) is 0 Å². The first-order valence-corrected chi connectivity index (χ1v) is 11.4. The average molecular weight is 457 g/mol. The van der Waals surface area contributed by atoms with Crippen molar-refractivity contribution in [2.24, 2.45) is 0 Å². The zero-order chi connectivity index (χ0) is 24.2. The number of pyridine rings is 1. The Bertz CT molecular complexity index is 1250. The van der Waals surface area contributed by atoms with Gasteiger partial charge in [0.25, 0.3) is 11.7 Å². The first-order valence-electron chi connectivity index (χ1n) is 11.4. The quantitative estimate of drug-likeness (QED) is 0.304. The molecule has 6 heteroatoms. The van der Waals surface area contributed by atoms with E-state index in [1.165, 1.54) is 4.90 Å². The number of ether oxygens (including phenoxy) is 1. The van der Waals surface area contributed by atoms with E-state index >= 15 is 0 Å². The molecule has 1 fully saturated rings. The number of rotatable bonds is 7. The van der Waals surface area contributed by atoms with Crippen LogP contribution in [0.1, 0.15) is 47.2 Å². The van der Waals surface area contributed by atoms with Crippen molar-refractivity contribution >= 4 is 17.4 Å². The highest BCUT2D eigenvalue weighted by molar-refractivity contribution is 6.46. The van der Waals surface area contributed by atoms with Crippen molar-refractivity contribution in [2.75, 3.05) is 6.61 Å². The Balaban J connectivity index is 1.82. The summed E-state index contributed by atoms with van der Waals surface area (Å²) in [6.07, 6.45) is 4.22. The van der Waals surface area contributed by atoms with E-state index in [0.717, 1.165) is 34.4 Å². The van der Waals surface area contributed by atoms with Gasteiger partial charge in [0.2, 0.25) is 0 Å². The van der Waals surface area contributed by atoms with Crippen LogP contribution in [0.2, 0.25) is 0 Å². The van der Waals surface area contributed by atoms with E-state index in [2.05, 4.69) is 4.98 Å². The number of carbonyl (C=O) groups excluding carboxylic acids is 2. The Labute approximate surface area is 199 Å². The van der Waals surface area contributed by atoms with Crippen molar-refractivity contribution in [3.63, 3.8) is 0 Å². The minimum atomic E-state index is -0.712. The van der Waals surface area contributed by atoms with Crippen LogP contribution in [-0.4, -0.2) is 33.3 Å². The number of aliphatic hydroxyl groups is 1. The molecule has 0 saturated carbocycles. The highest BCUT2D eigenvalue weighted by atomic mass is 16.5. The van der Waals surface area contributed by atoms with Gasteiger partial charge in [-0.1, -0.05) is 42.8 Å². The molecule has 0 aliphatic carbocycles. The maximum atomic E-state index is 13.2. The molecule has 1 aliphatic rings. The molecule has 6 nitrogen and oxygen atoms in total. The zero-order valence-corrected chi connectivity index (χ0v) is 19.6. The number of Topliss-reactive ketones (excluding diaryl/α,β-unsaturated/α-hetero) is 1. The van der Waals surface area contributed by atoms with Crippen LogP contribution in [0.25, 0.3) is 5.76 Å². The third-order valence-corrected chi connectivity index (χ3v) is 5.88. The standard InChI is InChI=1S/C28H28N2O4/c1-4-13-34-23-11-10-22(15-19(23)3)26(31)24-25(21-9-5-7-18(2)14-21)30(28(33)27(24)32)17-20-8-6-12-29-16-20/h5-12,14-16,25,31H,4,13,17H2,1-3H3/b26-24-. The van der Waals surface area contributed by atoms with Gasteiger partial charge in [-0.25, -0.2) is 0 Å². The number of ketones is 1. The van der Waals surface area contributed by atoms with Gasteiger partial charge in [0.05, 0.1) is 18.2 Å². The van der Waals surface area contributed by atoms with Gasteiger partial charge in [-0.3, -0.25) is 14.6 Å². The Morgan fingerprint density at radius 3 is 2.59 bits per heavy atom. The number of likely N-dealkylation sites (tertiary alicyclic amines) is 1. The molecule has 4 rings (SSSR count). The molecule has 2 aromatic carbocycles. The molecule has 0 bridgehead atoms. The number of carbonyl (C=O) groups is 2. The molecular formula is C28H28N2O4. The summed E-state index contributed by atoms with van der Waals surface area (Å²) in [5.41, 5.74) is 3.96. The maximum Gasteiger partial charge on any atom is 0.295 e. The van der Waals surface area contributed by atoms with Crippen LogP contribution in [-0.2, 0) is 16.1 Å². The van der Waals surface area contributed by atoms with Crippen LogP contribution in [0.5, 0.6) is 5.75 Å². The van der Waals surface area contributed by atoms with Crippen molar-refractivity contribution in [3.05, 3.63) is 100 Å². The molecule has 1 aliphatic heterocycles. The molecule has 0 radical (unpaired) electrons. The lowest BCUT2D eigenvalue weighted by Gasteiger charge is -2.25. The summed E-state index contributed by atoms with van der Waals surface area (Å²) in [4.78, 5) is 32.0. The van der Waals surface area contributed by atoms with Crippen molar-refractivity contribution in [1.82, 2.24) is 9.88 Å². The number of aliphatic hydroxyl groups excluding tert-OH is 1. The Hall–Kier alpha value is -3.93. The van der Waals surface area contributed by atoms with Crippen molar-refractivity contribution in [1.29, 1.82) is 0 Å². The third kappa shape index (κ3) is 4.57. The predicted octanol–water partition coefficient (Wildman–Crippen LogP) is 5.11. The van der Waals surface area contributed by atoms with Crippen LogP contribution < -0.4 is 4.74 Å². The molecule has 1 unspecified atom stereocenters. The SMILES string of the molecule is CCCOc1ccc(/C(O)=C2/C(=O)C(=O)N(Cc3cccnc3)C2c2cccc(C)c2)cc1C. The minimum absolute atomic E-state index is 0.0844. The van der Waals surface area contributed by atoms with Crippen molar-refractivity contribution < 1.29 is 19.4 Å². The molecule has 34 heavy (non-hydrogen) atoms. The topological polar surface area (TPSA) is 79.7 Å². The zero-order valence-electron chi connectivity index (χ0n) is 19.6. The van der Waals surface area contributed by atoms with Gasteiger partial charge in [-0.05, 0) is 61.2 Å². The van der Waals surface area contributed by atoms with E-state index in [0.29, 0.717) is 12.2 Å². The van der Waals surface area contributed by atoms with E-state index in [1.54, 1.807) is 36.7 Å². The van der Waals surface area contributed by atoms with Crippen LogP contribution in [0, 0.1) is 13.8 Å². The highest BCUT2D eigenvalue weighted by Crippen LogP contribution is 2.40. The smallest absolute Gasteiger partial charge is 0.295 e. The first kappa shape index (κ1) is 23.2. The molecule has 1 N–H and O–H groups in total. The Morgan fingerprint density at radius 1 is 1.09 bits per heavy atom. The largest absolute Gasteiger partial charge is 0.507 e. The van der Waals surface area contributed by atoms with Crippen LogP contribution in [0.4, 0.5) is 0 Å². The lowest BCUT2D eigenvalue weighted by molar-refractivity contribution is -0.140. The summed E-state index contributed by atoms with van der Waals surface area (Å²) in [6, 6.07) is 15.9. The number of hydrogen-bond acceptors (Lipinski definition) is 5. The summed E-state index contributed by atoms with van der Waals surface area (Å²) < 4.78 is 5.74. The van der Waals surface area contributed by atoms with Crippen LogP contribution >= 0.6 is 0 Å². The van der Waals surface area contributed by atoms with E-state index in [9.17, 15) is 14.7 Å². The summed E-state index contributed by atoms with van der Waals surface area (Å²) in [6.45, 7) is 6.68. The average Bonchev–Trinajstić information content (AvgIpc) is 3.08. The van der Waals surface area contributed by atoms with Crippen molar-refractivity contribution in [3.8, 4) is 5.75 Å². The lowest BCUT2D eigenvalue weighted by atomic mass is 9.94. The van der Waals surface area contributed by atoms with Crippen molar-refractivity contribution in [2.45, 2.75) is 39.8 Å². The molecule has 3 aromatic rings. The van der Waals surface area contributed by atoms with E-state index < -0.39 is 17.7 Å². The Morgan fingerprint density at radius 2 is 1.91 bits per heavy atom. The second-order valence-electron chi connectivity index (χ2n) is 8.53. The van der Waals surface area contributed by atoms with E-state index in [1.807, 2.05) is 51.1 Å².